The lowest BCUT2D eigenvalue weighted by molar-refractivity contribution is 0.174. The van der Waals surface area contributed by atoms with Crippen LogP contribution in [0.4, 0.5) is 0 Å². The van der Waals surface area contributed by atoms with Gasteiger partial charge in [-0.3, -0.25) is 4.90 Å². The predicted octanol–water partition coefficient (Wildman–Crippen LogP) is 5.58. The van der Waals surface area contributed by atoms with E-state index in [1.54, 1.807) is 0 Å². The molecule has 1 aliphatic heterocycles. The maximum absolute atomic E-state index is 6.08. The zero-order valence-electron chi connectivity index (χ0n) is 16.1. The van der Waals surface area contributed by atoms with E-state index in [0.717, 1.165) is 42.9 Å². The molecular weight excluding hydrogens is 344 g/mol. The Hall–Kier alpha value is -2.78. The second kappa shape index (κ2) is 7.69. The summed E-state index contributed by atoms with van der Waals surface area (Å²) in [6, 6.07) is 23.9. The summed E-state index contributed by atoms with van der Waals surface area (Å²) >= 11 is 0. The summed E-state index contributed by atoms with van der Waals surface area (Å²) in [5, 5.41) is 3.85. The maximum Gasteiger partial charge on any atom is 0.128 e. The number of likely N-dealkylation sites (tertiary alicyclic amines) is 1. The van der Waals surface area contributed by atoms with Crippen molar-refractivity contribution in [3.05, 3.63) is 78.5 Å². The minimum atomic E-state index is 0.676. The molecule has 142 valence electrons. The maximum atomic E-state index is 6.08. The van der Waals surface area contributed by atoms with E-state index in [9.17, 15) is 0 Å². The first-order chi connectivity index (χ1) is 13.9. The van der Waals surface area contributed by atoms with Gasteiger partial charge in [-0.2, -0.15) is 0 Å². The average Bonchev–Trinajstić information content (AvgIpc) is 3.24. The number of rotatable bonds is 5. The van der Waals surface area contributed by atoms with E-state index in [-0.39, 0.29) is 0 Å². The average molecular weight is 370 g/mol. The standard InChI is InChI=1S/C25H26N2O/c1-2-5-21-18-22(9-8-19(21)4-1)20-11-14-27(15-12-20)16-17-28-25-7-3-6-24-23(25)10-13-26-24/h1-10,13,18,20,26H,11-12,14-17H2. The molecule has 0 aliphatic carbocycles. The number of hydrogen-bond acceptors (Lipinski definition) is 2. The Labute approximate surface area is 165 Å². The molecule has 1 aliphatic rings. The fourth-order valence-corrected chi connectivity index (χ4v) is 4.42. The topological polar surface area (TPSA) is 28.3 Å². The smallest absolute Gasteiger partial charge is 0.128 e. The Morgan fingerprint density at radius 1 is 0.893 bits per heavy atom. The molecule has 0 saturated carbocycles. The number of nitrogens with zero attached hydrogens (tertiary/aromatic N) is 1. The number of H-pyrrole nitrogens is 1. The van der Waals surface area contributed by atoms with Crippen LogP contribution in [-0.2, 0) is 0 Å². The van der Waals surface area contributed by atoms with Gasteiger partial charge in [0, 0.05) is 23.6 Å². The Bertz CT molecular complexity index is 1080. The largest absolute Gasteiger partial charge is 0.492 e. The summed E-state index contributed by atoms with van der Waals surface area (Å²) in [7, 11) is 0. The first kappa shape index (κ1) is 17.3. The Balaban J connectivity index is 1.15. The van der Waals surface area contributed by atoms with Crippen molar-refractivity contribution in [3.8, 4) is 5.75 Å². The predicted molar refractivity (Wildman–Crippen MR) is 116 cm³/mol. The molecule has 2 heterocycles. The van der Waals surface area contributed by atoms with Crippen molar-refractivity contribution in [1.29, 1.82) is 0 Å². The first-order valence-corrected chi connectivity index (χ1v) is 10.3. The van der Waals surface area contributed by atoms with Gasteiger partial charge < -0.3 is 9.72 Å². The lowest BCUT2D eigenvalue weighted by atomic mass is 9.88. The summed E-state index contributed by atoms with van der Waals surface area (Å²) in [5.74, 6) is 1.65. The summed E-state index contributed by atoms with van der Waals surface area (Å²) < 4.78 is 6.08. The van der Waals surface area contributed by atoms with Crippen molar-refractivity contribution in [2.45, 2.75) is 18.8 Å². The van der Waals surface area contributed by atoms with E-state index < -0.39 is 0 Å². The van der Waals surface area contributed by atoms with E-state index in [2.05, 4.69) is 70.5 Å². The fraction of sp³-hybridized carbons (Fsp3) is 0.280. The van der Waals surface area contributed by atoms with Gasteiger partial charge in [-0.15, -0.1) is 0 Å². The number of piperidine rings is 1. The van der Waals surface area contributed by atoms with E-state index >= 15 is 0 Å². The minimum Gasteiger partial charge on any atom is -0.492 e. The highest BCUT2D eigenvalue weighted by atomic mass is 16.5. The van der Waals surface area contributed by atoms with Gasteiger partial charge in [-0.1, -0.05) is 48.5 Å². The van der Waals surface area contributed by atoms with Crippen molar-refractivity contribution in [3.63, 3.8) is 0 Å². The van der Waals surface area contributed by atoms with E-state index in [1.807, 2.05) is 12.3 Å². The van der Waals surface area contributed by atoms with Crippen molar-refractivity contribution >= 4 is 21.7 Å². The molecule has 28 heavy (non-hydrogen) atoms. The number of fused-ring (bicyclic) bond motifs is 2. The lowest BCUT2D eigenvalue weighted by Crippen LogP contribution is -2.35. The van der Waals surface area contributed by atoms with Crippen molar-refractivity contribution in [2.24, 2.45) is 0 Å². The fourth-order valence-electron chi connectivity index (χ4n) is 4.42. The van der Waals surface area contributed by atoms with Crippen molar-refractivity contribution < 1.29 is 4.74 Å². The molecule has 0 bridgehead atoms. The van der Waals surface area contributed by atoms with E-state index in [0.29, 0.717) is 5.92 Å². The number of ether oxygens (including phenoxy) is 1. The first-order valence-electron chi connectivity index (χ1n) is 10.3. The zero-order valence-corrected chi connectivity index (χ0v) is 16.1. The van der Waals surface area contributed by atoms with Crippen LogP contribution in [0.25, 0.3) is 21.7 Å². The van der Waals surface area contributed by atoms with Gasteiger partial charge in [-0.25, -0.2) is 0 Å². The molecule has 0 radical (unpaired) electrons. The van der Waals surface area contributed by atoms with Gasteiger partial charge in [0.15, 0.2) is 0 Å². The molecule has 1 saturated heterocycles. The van der Waals surface area contributed by atoms with Crippen LogP contribution in [0, 0.1) is 0 Å². The normalized spacial score (nSPS) is 16.0. The summed E-state index contributed by atoms with van der Waals surface area (Å²) in [6.45, 7) is 4.03. The van der Waals surface area contributed by atoms with Gasteiger partial charge in [0.2, 0.25) is 0 Å². The molecule has 5 rings (SSSR count). The number of aromatic amines is 1. The van der Waals surface area contributed by atoms with Crippen LogP contribution in [-0.4, -0.2) is 36.1 Å². The number of nitrogens with one attached hydrogen (secondary N) is 1. The van der Waals surface area contributed by atoms with Crippen LogP contribution in [0.1, 0.15) is 24.3 Å². The molecule has 3 heteroatoms. The van der Waals surface area contributed by atoms with Crippen LogP contribution >= 0.6 is 0 Å². The van der Waals surface area contributed by atoms with Gasteiger partial charge >= 0.3 is 0 Å². The molecule has 1 N–H and O–H groups in total. The molecule has 3 aromatic carbocycles. The minimum absolute atomic E-state index is 0.676. The third-order valence-corrected chi connectivity index (χ3v) is 6.05. The highest BCUT2D eigenvalue weighted by molar-refractivity contribution is 5.85. The zero-order chi connectivity index (χ0) is 18.8. The van der Waals surface area contributed by atoms with Gasteiger partial charge in [0.1, 0.15) is 12.4 Å². The third kappa shape index (κ3) is 3.50. The number of benzene rings is 3. The summed E-state index contributed by atoms with van der Waals surface area (Å²) in [4.78, 5) is 5.78. The third-order valence-electron chi connectivity index (χ3n) is 6.05. The summed E-state index contributed by atoms with van der Waals surface area (Å²) in [6.07, 6.45) is 4.42. The highest BCUT2D eigenvalue weighted by Gasteiger charge is 2.20. The number of hydrogen-bond donors (Lipinski definition) is 1. The van der Waals surface area contributed by atoms with Gasteiger partial charge in [0.05, 0.1) is 0 Å². The van der Waals surface area contributed by atoms with Crippen LogP contribution in [0.5, 0.6) is 5.75 Å². The molecular formula is C25H26N2O. The molecule has 1 aromatic heterocycles. The van der Waals surface area contributed by atoms with Crippen LogP contribution in [0.15, 0.2) is 72.9 Å². The lowest BCUT2D eigenvalue weighted by Gasteiger charge is -2.32. The second-order valence-electron chi connectivity index (χ2n) is 7.77. The van der Waals surface area contributed by atoms with Gasteiger partial charge in [0.25, 0.3) is 0 Å². The van der Waals surface area contributed by atoms with Crippen LogP contribution in [0.2, 0.25) is 0 Å². The molecule has 0 amide bonds. The van der Waals surface area contributed by atoms with Crippen molar-refractivity contribution in [1.82, 2.24) is 9.88 Å². The second-order valence-corrected chi connectivity index (χ2v) is 7.77. The molecule has 1 fully saturated rings. The molecule has 0 spiro atoms. The molecule has 0 atom stereocenters. The van der Waals surface area contributed by atoms with Crippen molar-refractivity contribution in [2.75, 3.05) is 26.2 Å². The highest BCUT2D eigenvalue weighted by Crippen LogP contribution is 2.30. The van der Waals surface area contributed by atoms with E-state index in [1.165, 1.54) is 29.2 Å². The van der Waals surface area contributed by atoms with Gasteiger partial charge in [-0.05, 0) is 66.4 Å². The Morgan fingerprint density at radius 2 is 1.75 bits per heavy atom. The molecule has 0 unspecified atom stereocenters. The Morgan fingerprint density at radius 3 is 2.64 bits per heavy atom. The summed E-state index contributed by atoms with van der Waals surface area (Å²) in [5.41, 5.74) is 2.63. The quantitative estimate of drug-likeness (QED) is 0.497. The van der Waals surface area contributed by atoms with Crippen LogP contribution in [0.3, 0.4) is 0 Å². The monoisotopic (exact) mass is 370 g/mol. The SMILES string of the molecule is c1ccc2cc(C3CCN(CCOc4cccc5[nH]ccc45)CC3)ccc2c1. The molecule has 4 aromatic rings. The Kier molecular flexibility index (Phi) is 4.76. The number of aromatic nitrogens is 1. The molecule has 3 nitrogen and oxygen atoms in total. The van der Waals surface area contributed by atoms with E-state index in [4.69, 9.17) is 4.74 Å². The van der Waals surface area contributed by atoms with Crippen LogP contribution < -0.4 is 4.74 Å².